The van der Waals surface area contributed by atoms with Crippen LogP contribution in [-0.4, -0.2) is 35.2 Å². The predicted octanol–water partition coefficient (Wildman–Crippen LogP) is 2.17. The number of carboxylic acids is 1. The Morgan fingerprint density at radius 1 is 1.40 bits per heavy atom. The minimum absolute atomic E-state index is 0.268. The lowest BCUT2D eigenvalue weighted by atomic mass is 9.88. The molecule has 1 unspecified atom stereocenters. The molecule has 0 aromatic carbocycles. The van der Waals surface area contributed by atoms with Crippen molar-refractivity contribution in [2.45, 2.75) is 27.2 Å². The predicted molar refractivity (Wildman–Crippen MR) is 74.7 cm³/mol. The molecular formula is C14H20N2O4. The highest BCUT2D eigenvalue weighted by atomic mass is 16.5. The number of carboxylic acid groups (broad SMARTS) is 1. The quantitative estimate of drug-likeness (QED) is 0.744. The number of carbonyl (C=O) groups is 2. The standard InChI is InChI=1S/C14H20N2O4/c1-4-14(3,13(18)19)9-16-11-7-6-10(8-15-11)12(17)20-5-2/h6-8H,4-5,9H2,1-3H3,(H,15,16)(H,18,19). The lowest BCUT2D eigenvalue weighted by Crippen LogP contribution is -2.34. The Morgan fingerprint density at radius 3 is 2.55 bits per heavy atom. The van der Waals surface area contributed by atoms with Gasteiger partial charge < -0.3 is 15.2 Å². The van der Waals surface area contributed by atoms with E-state index in [2.05, 4.69) is 10.3 Å². The molecule has 6 nitrogen and oxygen atoms in total. The van der Waals surface area contributed by atoms with Gasteiger partial charge in [0.2, 0.25) is 0 Å². The molecule has 2 N–H and O–H groups in total. The summed E-state index contributed by atoms with van der Waals surface area (Å²) in [5.41, 5.74) is -0.476. The molecule has 1 rings (SSSR count). The molecule has 0 aliphatic carbocycles. The van der Waals surface area contributed by atoms with Gasteiger partial charge in [-0.25, -0.2) is 9.78 Å². The van der Waals surface area contributed by atoms with Crippen LogP contribution in [0.5, 0.6) is 0 Å². The molecule has 1 atom stereocenters. The summed E-state index contributed by atoms with van der Waals surface area (Å²) >= 11 is 0. The average molecular weight is 280 g/mol. The van der Waals surface area contributed by atoms with E-state index in [1.54, 1.807) is 26.0 Å². The van der Waals surface area contributed by atoms with Crippen LogP contribution in [0.4, 0.5) is 5.82 Å². The molecule has 1 aromatic rings. The first-order chi connectivity index (χ1) is 9.42. The lowest BCUT2D eigenvalue weighted by molar-refractivity contribution is -0.147. The molecule has 0 amide bonds. The van der Waals surface area contributed by atoms with E-state index >= 15 is 0 Å². The van der Waals surface area contributed by atoms with Crippen molar-refractivity contribution >= 4 is 17.8 Å². The molecule has 0 fully saturated rings. The van der Waals surface area contributed by atoms with Crippen molar-refractivity contribution < 1.29 is 19.4 Å². The molecule has 0 radical (unpaired) electrons. The minimum Gasteiger partial charge on any atom is -0.481 e. The number of aliphatic carboxylic acids is 1. The third-order valence-electron chi connectivity index (χ3n) is 3.23. The van der Waals surface area contributed by atoms with Crippen LogP contribution in [0.3, 0.4) is 0 Å². The number of rotatable bonds is 7. The topological polar surface area (TPSA) is 88.5 Å². The van der Waals surface area contributed by atoms with Crippen LogP contribution in [0.1, 0.15) is 37.6 Å². The van der Waals surface area contributed by atoms with Crippen molar-refractivity contribution in [2.75, 3.05) is 18.5 Å². The zero-order valence-electron chi connectivity index (χ0n) is 12.0. The van der Waals surface area contributed by atoms with Crippen LogP contribution in [0.15, 0.2) is 18.3 Å². The highest BCUT2D eigenvalue weighted by Crippen LogP contribution is 2.21. The molecule has 20 heavy (non-hydrogen) atoms. The molecule has 0 saturated carbocycles. The molecule has 0 saturated heterocycles. The third-order valence-corrected chi connectivity index (χ3v) is 3.23. The molecule has 6 heteroatoms. The van der Waals surface area contributed by atoms with Crippen LogP contribution in [0, 0.1) is 5.41 Å². The van der Waals surface area contributed by atoms with Crippen LogP contribution < -0.4 is 5.32 Å². The molecule has 1 aromatic heterocycles. The molecule has 0 aliphatic heterocycles. The zero-order chi connectivity index (χ0) is 15.2. The summed E-state index contributed by atoms with van der Waals surface area (Å²) in [6.07, 6.45) is 1.92. The van der Waals surface area contributed by atoms with E-state index < -0.39 is 17.4 Å². The van der Waals surface area contributed by atoms with Gasteiger partial charge in [0.1, 0.15) is 5.82 Å². The molecule has 0 bridgehead atoms. The minimum atomic E-state index is -0.851. The monoisotopic (exact) mass is 280 g/mol. The molecule has 110 valence electrons. The Morgan fingerprint density at radius 2 is 2.10 bits per heavy atom. The van der Waals surface area contributed by atoms with Gasteiger partial charge in [-0.15, -0.1) is 0 Å². The van der Waals surface area contributed by atoms with Crippen molar-refractivity contribution in [3.05, 3.63) is 23.9 Å². The van der Waals surface area contributed by atoms with E-state index in [0.717, 1.165) is 0 Å². The zero-order valence-corrected chi connectivity index (χ0v) is 12.0. The van der Waals surface area contributed by atoms with Gasteiger partial charge in [0, 0.05) is 12.7 Å². The summed E-state index contributed by atoms with van der Waals surface area (Å²) in [6, 6.07) is 3.22. The van der Waals surface area contributed by atoms with Crippen LogP contribution in [0.25, 0.3) is 0 Å². The maximum Gasteiger partial charge on any atom is 0.339 e. The molecular weight excluding hydrogens is 260 g/mol. The van der Waals surface area contributed by atoms with Gasteiger partial charge in [-0.1, -0.05) is 6.92 Å². The first-order valence-electron chi connectivity index (χ1n) is 6.53. The number of nitrogens with zero attached hydrogens (tertiary/aromatic N) is 1. The van der Waals surface area contributed by atoms with Crippen molar-refractivity contribution in [3.63, 3.8) is 0 Å². The number of aromatic nitrogens is 1. The number of esters is 1. The van der Waals surface area contributed by atoms with Gasteiger partial charge in [-0.2, -0.15) is 0 Å². The number of pyridine rings is 1. The van der Waals surface area contributed by atoms with E-state index in [1.807, 2.05) is 6.92 Å². The maximum absolute atomic E-state index is 11.4. The number of hydrogen-bond acceptors (Lipinski definition) is 5. The van der Waals surface area contributed by atoms with E-state index in [0.29, 0.717) is 24.4 Å². The van der Waals surface area contributed by atoms with Gasteiger partial charge >= 0.3 is 11.9 Å². The van der Waals surface area contributed by atoms with Crippen LogP contribution >= 0.6 is 0 Å². The molecule has 0 spiro atoms. The second-order valence-electron chi connectivity index (χ2n) is 4.73. The third kappa shape index (κ3) is 3.94. The number of hydrogen-bond donors (Lipinski definition) is 2. The van der Waals surface area contributed by atoms with Crippen molar-refractivity contribution in [1.29, 1.82) is 0 Å². The second-order valence-corrected chi connectivity index (χ2v) is 4.73. The van der Waals surface area contributed by atoms with E-state index in [-0.39, 0.29) is 6.54 Å². The summed E-state index contributed by atoms with van der Waals surface area (Å²) in [6.45, 7) is 5.82. The van der Waals surface area contributed by atoms with E-state index in [9.17, 15) is 9.59 Å². The number of anilines is 1. The summed E-state index contributed by atoms with van der Waals surface area (Å²) < 4.78 is 4.85. The first kappa shape index (κ1) is 15.9. The van der Waals surface area contributed by atoms with E-state index in [1.165, 1.54) is 6.20 Å². The Hall–Kier alpha value is -2.11. The highest BCUT2D eigenvalue weighted by Gasteiger charge is 2.30. The summed E-state index contributed by atoms with van der Waals surface area (Å²) in [7, 11) is 0. The number of carbonyl (C=O) groups excluding carboxylic acids is 1. The van der Waals surface area contributed by atoms with Crippen LogP contribution in [-0.2, 0) is 9.53 Å². The van der Waals surface area contributed by atoms with Gasteiger partial charge in [0.15, 0.2) is 0 Å². The smallest absolute Gasteiger partial charge is 0.339 e. The number of ether oxygens (including phenoxy) is 1. The second kappa shape index (κ2) is 6.88. The van der Waals surface area contributed by atoms with Crippen molar-refractivity contribution in [1.82, 2.24) is 4.98 Å². The van der Waals surface area contributed by atoms with Crippen molar-refractivity contribution in [3.8, 4) is 0 Å². The normalized spacial score (nSPS) is 13.3. The largest absolute Gasteiger partial charge is 0.481 e. The lowest BCUT2D eigenvalue weighted by Gasteiger charge is -2.23. The number of nitrogens with one attached hydrogen (secondary N) is 1. The van der Waals surface area contributed by atoms with E-state index in [4.69, 9.17) is 9.84 Å². The van der Waals surface area contributed by atoms with Gasteiger partial charge in [-0.05, 0) is 32.4 Å². The fourth-order valence-electron chi connectivity index (χ4n) is 1.47. The Kier molecular flexibility index (Phi) is 5.49. The van der Waals surface area contributed by atoms with Gasteiger partial charge in [-0.3, -0.25) is 4.79 Å². The molecule has 0 aliphatic rings. The fraction of sp³-hybridized carbons (Fsp3) is 0.500. The Balaban J connectivity index is 2.66. The Bertz CT molecular complexity index is 473. The molecule has 1 heterocycles. The Labute approximate surface area is 118 Å². The highest BCUT2D eigenvalue weighted by molar-refractivity contribution is 5.89. The fourth-order valence-corrected chi connectivity index (χ4v) is 1.47. The van der Waals surface area contributed by atoms with Gasteiger partial charge in [0.25, 0.3) is 0 Å². The SMILES string of the molecule is CCOC(=O)c1ccc(NCC(C)(CC)C(=O)O)nc1. The average Bonchev–Trinajstić information content (AvgIpc) is 2.45. The maximum atomic E-state index is 11.4. The summed E-state index contributed by atoms with van der Waals surface area (Å²) in [4.78, 5) is 26.7. The summed E-state index contributed by atoms with van der Waals surface area (Å²) in [5.74, 6) is -0.745. The van der Waals surface area contributed by atoms with Gasteiger partial charge in [0.05, 0.1) is 17.6 Å². The summed E-state index contributed by atoms with van der Waals surface area (Å²) in [5, 5.41) is 12.1. The van der Waals surface area contributed by atoms with Crippen LogP contribution in [0.2, 0.25) is 0 Å². The first-order valence-corrected chi connectivity index (χ1v) is 6.53. The van der Waals surface area contributed by atoms with Crippen molar-refractivity contribution in [2.24, 2.45) is 5.41 Å².